The van der Waals surface area contributed by atoms with Crippen LogP contribution in [0, 0.1) is 5.92 Å². The van der Waals surface area contributed by atoms with Gasteiger partial charge in [-0.05, 0) is 58.1 Å². The highest BCUT2D eigenvalue weighted by molar-refractivity contribution is 5.68. The molecule has 2 aliphatic rings. The number of hydrogen-bond donors (Lipinski definition) is 1. The Kier molecular flexibility index (Phi) is 4.37. The number of carbonyl (C=O) groups excluding carboxylic acids is 1. The average molecular weight is 316 g/mol. The van der Waals surface area contributed by atoms with Gasteiger partial charge in [0, 0.05) is 18.6 Å². The molecule has 2 aliphatic heterocycles. The molecule has 0 aliphatic carbocycles. The van der Waals surface area contributed by atoms with E-state index >= 15 is 0 Å². The summed E-state index contributed by atoms with van der Waals surface area (Å²) in [5.41, 5.74) is 0.932. The van der Waals surface area contributed by atoms with E-state index in [1.54, 1.807) is 0 Å². The van der Waals surface area contributed by atoms with E-state index in [0.717, 1.165) is 32.5 Å². The van der Waals surface area contributed by atoms with Gasteiger partial charge < -0.3 is 15.0 Å². The number of ether oxygens (including phenoxy) is 1. The summed E-state index contributed by atoms with van der Waals surface area (Å²) in [7, 11) is 0. The van der Waals surface area contributed by atoms with Gasteiger partial charge in [0.2, 0.25) is 0 Å². The Bertz CT molecular complexity index is 552. The van der Waals surface area contributed by atoms with Crippen molar-refractivity contribution in [3.63, 3.8) is 0 Å². The first kappa shape index (κ1) is 16.3. The first-order valence-corrected chi connectivity index (χ1v) is 8.69. The van der Waals surface area contributed by atoms with Crippen molar-refractivity contribution in [2.75, 3.05) is 19.6 Å². The van der Waals surface area contributed by atoms with Gasteiger partial charge in [-0.15, -0.1) is 0 Å². The lowest BCUT2D eigenvalue weighted by Crippen LogP contribution is -2.61. The van der Waals surface area contributed by atoms with Crippen molar-refractivity contribution in [2.24, 2.45) is 5.92 Å². The van der Waals surface area contributed by atoms with Crippen LogP contribution in [0.1, 0.15) is 45.6 Å². The maximum absolute atomic E-state index is 12.4. The summed E-state index contributed by atoms with van der Waals surface area (Å²) < 4.78 is 5.56. The van der Waals surface area contributed by atoms with Gasteiger partial charge in [0.15, 0.2) is 0 Å². The molecule has 2 unspecified atom stereocenters. The normalized spacial score (nSPS) is 28.1. The molecule has 0 saturated carbocycles. The van der Waals surface area contributed by atoms with E-state index in [0.29, 0.717) is 5.92 Å². The van der Waals surface area contributed by atoms with E-state index < -0.39 is 5.60 Å². The van der Waals surface area contributed by atoms with Crippen LogP contribution in [0.4, 0.5) is 4.79 Å². The van der Waals surface area contributed by atoms with Crippen molar-refractivity contribution in [1.29, 1.82) is 0 Å². The van der Waals surface area contributed by atoms with Gasteiger partial charge >= 0.3 is 6.09 Å². The largest absolute Gasteiger partial charge is 0.444 e. The van der Waals surface area contributed by atoms with Crippen LogP contribution in [0.25, 0.3) is 0 Å². The zero-order valence-electron chi connectivity index (χ0n) is 14.5. The fraction of sp³-hybridized carbons (Fsp3) is 0.632. The summed E-state index contributed by atoms with van der Waals surface area (Å²) in [4.78, 5) is 14.3. The third kappa shape index (κ3) is 3.37. The van der Waals surface area contributed by atoms with E-state index in [4.69, 9.17) is 4.74 Å². The van der Waals surface area contributed by atoms with Crippen molar-refractivity contribution in [2.45, 2.75) is 51.2 Å². The number of likely N-dealkylation sites (tertiary alicyclic amines) is 1. The van der Waals surface area contributed by atoms with Crippen molar-refractivity contribution < 1.29 is 9.53 Å². The topological polar surface area (TPSA) is 41.6 Å². The number of benzene rings is 1. The molecule has 126 valence electrons. The zero-order valence-corrected chi connectivity index (χ0v) is 14.5. The molecule has 3 rings (SSSR count). The number of hydrogen-bond acceptors (Lipinski definition) is 3. The van der Waals surface area contributed by atoms with E-state index in [1.807, 2.05) is 25.7 Å². The van der Waals surface area contributed by atoms with Crippen LogP contribution >= 0.6 is 0 Å². The molecule has 1 aromatic carbocycles. The number of carbonyl (C=O) groups is 1. The van der Waals surface area contributed by atoms with Gasteiger partial charge in [-0.3, -0.25) is 0 Å². The van der Waals surface area contributed by atoms with Gasteiger partial charge in [-0.2, -0.15) is 0 Å². The van der Waals surface area contributed by atoms with E-state index in [9.17, 15) is 4.79 Å². The van der Waals surface area contributed by atoms with Gasteiger partial charge in [-0.1, -0.05) is 30.3 Å². The van der Waals surface area contributed by atoms with Gasteiger partial charge in [0.1, 0.15) is 5.60 Å². The molecule has 2 atom stereocenters. The second-order valence-electron chi connectivity index (χ2n) is 7.78. The van der Waals surface area contributed by atoms with Gasteiger partial charge in [0.25, 0.3) is 0 Å². The summed E-state index contributed by atoms with van der Waals surface area (Å²) in [6.45, 7) is 8.34. The molecule has 1 N–H and O–H groups in total. The molecule has 2 saturated heterocycles. The Morgan fingerprint density at radius 3 is 2.74 bits per heavy atom. The lowest BCUT2D eigenvalue weighted by Gasteiger charge is -2.51. The summed E-state index contributed by atoms with van der Waals surface area (Å²) >= 11 is 0. The highest BCUT2D eigenvalue weighted by Crippen LogP contribution is 2.42. The summed E-state index contributed by atoms with van der Waals surface area (Å²) in [6.07, 6.45) is 3.09. The Labute approximate surface area is 139 Å². The van der Waals surface area contributed by atoms with E-state index in [1.165, 1.54) is 12.0 Å². The van der Waals surface area contributed by atoms with Crippen LogP contribution in [-0.2, 0) is 10.3 Å². The minimum Gasteiger partial charge on any atom is -0.444 e. The number of nitrogens with one attached hydrogen (secondary N) is 1. The van der Waals surface area contributed by atoms with Crippen molar-refractivity contribution in [3.05, 3.63) is 35.9 Å². The predicted octanol–water partition coefficient (Wildman–Crippen LogP) is 3.52. The number of piperidine rings is 2. The van der Waals surface area contributed by atoms with E-state index in [-0.39, 0.29) is 11.6 Å². The number of fused-ring (bicyclic) bond motifs is 1. The number of amides is 1. The summed E-state index contributed by atoms with van der Waals surface area (Å²) in [5, 5.41) is 3.78. The molecule has 23 heavy (non-hydrogen) atoms. The maximum Gasteiger partial charge on any atom is 0.410 e. The molecule has 4 heteroatoms. The highest BCUT2D eigenvalue weighted by atomic mass is 16.6. The van der Waals surface area contributed by atoms with Crippen LogP contribution in [0.3, 0.4) is 0 Å². The maximum atomic E-state index is 12.4. The first-order valence-electron chi connectivity index (χ1n) is 8.69. The minimum absolute atomic E-state index is 0.0119. The molecule has 1 aromatic rings. The fourth-order valence-corrected chi connectivity index (χ4v) is 3.97. The van der Waals surface area contributed by atoms with Crippen LogP contribution in [0.15, 0.2) is 30.3 Å². The van der Waals surface area contributed by atoms with Crippen LogP contribution < -0.4 is 5.32 Å². The number of nitrogens with zero attached hydrogens (tertiary/aromatic N) is 1. The third-order valence-corrected chi connectivity index (χ3v) is 5.02. The van der Waals surface area contributed by atoms with Crippen LogP contribution in [0.5, 0.6) is 0 Å². The molecule has 2 fully saturated rings. The molecule has 2 heterocycles. The standard InChI is InChI=1S/C19H28N2O2/c1-18(2,3)23-17(22)21-13-11-19(15-8-5-4-6-9-15)16(14-21)10-7-12-20-19/h4-6,8-9,16,20H,7,10-14H2,1-3H3. The smallest absolute Gasteiger partial charge is 0.410 e. The second-order valence-corrected chi connectivity index (χ2v) is 7.78. The molecule has 0 spiro atoms. The summed E-state index contributed by atoms with van der Waals surface area (Å²) in [6, 6.07) is 10.7. The monoisotopic (exact) mass is 316 g/mol. The van der Waals surface area contributed by atoms with Crippen molar-refractivity contribution in [3.8, 4) is 0 Å². The SMILES string of the molecule is CC(C)(C)OC(=O)N1CCC2(c3ccccc3)NCCCC2C1. The minimum atomic E-state index is -0.435. The quantitative estimate of drug-likeness (QED) is 0.862. The third-order valence-electron chi connectivity index (χ3n) is 5.02. The number of rotatable bonds is 1. The van der Waals surface area contributed by atoms with Crippen molar-refractivity contribution in [1.82, 2.24) is 10.2 Å². The molecule has 0 radical (unpaired) electrons. The van der Waals surface area contributed by atoms with Gasteiger partial charge in [-0.25, -0.2) is 4.79 Å². The average Bonchev–Trinajstić information content (AvgIpc) is 2.53. The molecular weight excluding hydrogens is 288 g/mol. The lowest BCUT2D eigenvalue weighted by molar-refractivity contribution is -0.00583. The van der Waals surface area contributed by atoms with Crippen LogP contribution in [-0.4, -0.2) is 36.2 Å². The summed E-state index contributed by atoms with van der Waals surface area (Å²) in [5.74, 6) is 0.444. The Morgan fingerprint density at radius 1 is 1.30 bits per heavy atom. The molecule has 4 nitrogen and oxygen atoms in total. The Balaban J connectivity index is 1.78. The van der Waals surface area contributed by atoms with Crippen molar-refractivity contribution >= 4 is 6.09 Å². The predicted molar refractivity (Wildman–Crippen MR) is 91.3 cm³/mol. The first-order chi connectivity index (χ1) is 10.9. The highest BCUT2D eigenvalue weighted by Gasteiger charge is 2.46. The Morgan fingerprint density at radius 2 is 2.04 bits per heavy atom. The molecular formula is C19H28N2O2. The Hall–Kier alpha value is -1.55. The molecule has 0 aromatic heterocycles. The lowest BCUT2D eigenvalue weighted by atomic mass is 9.69. The molecule has 1 amide bonds. The molecule has 0 bridgehead atoms. The van der Waals surface area contributed by atoms with Gasteiger partial charge in [0.05, 0.1) is 0 Å². The fourth-order valence-electron chi connectivity index (χ4n) is 3.97. The zero-order chi connectivity index (χ0) is 16.5. The van der Waals surface area contributed by atoms with E-state index in [2.05, 4.69) is 35.6 Å². The van der Waals surface area contributed by atoms with Crippen LogP contribution in [0.2, 0.25) is 0 Å². The second kappa shape index (κ2) is 6.16.